The van der Waals surface area contributed by atoms with Crippen molar-refractivity contribution in [2.75, 3.05) is 33.9 Å². The molecule has 0 atom stereocenters. The van der Waals surface area contributed by atoms with E-state index in [2.05, 4.69) is 12.1 Å². The van der Waals surface area contributed by atoms with Gasteiger partial charge < -0.3 is 20.1 Å². The van der Waals surface area contributed by atoms with Crippen LogP contribution < -0.4 is 15.2 Å². The van der Waals surface area contributed by atoms with Gasteiger partial charge in [0.1, 0.15) is 0 Å². The van der Waals surface area contributed by atoms with Crippen LogP contribution in [0.1, 0.15) is 21.5 Å². The summed E-state index contributed by atoms with van der Waals surface area (Å²) < 4.78 is 10.6. The van der Waals surface area contributed by atoms with E-state index < -0.39 is 0 Å². The zero-order valence-corrected chi connectivity index (χ0v) is 16.3. The van der Waals surface area contributed by atoms with Crippen molar-refractivity contribution < 1.29 is 14.3 Å². The van der Waals surface area contributed by atoms with Crippen LogP contribution in [0.3, 0.4) is 0 Å². The Morgan fingerprint density at radius 2 is 1.65 bits per heavy atom. The van der Waals surface area contributed by atoms with Crippen LogP contribution in [-0.4, -0.2) is 44.7 Å². The number of nitrogens with two attached hydrogens (primary N) is 1. The van der Waals surface area contributed by atoms with Crippen molar-refractivity contribution in [3.63, 3.8) is 0 Å². The summed E-state index contributed by atoms with van der Waals surface area (Å²) in [5.74, 6) is 1.12. The van der Waals surface area contributed by atoms with Crippen molar-refractivity contribution in [1.29, 1.82) is 0 Å². The van der Waals surface area contributed by atoms with E-state index in [0.29, 0.717) is 36.7 Å². The second kappa shape index (κ2) is 10.7. The lowest BCUT2D eigenvalue weighted by atomic mass is 10.1. The largest absolute Gasteiger partial charge is 0.493 e. The minimum absolute atomic E-state index is 0. The molecule has 142 valence electrons. The first-order valence-electron chi connectivity index (χ1n) is 8.36. The molecule has 0 saturated carbocycles. The number of methoxy groups -OCH3 is 2. The van der Waals surface area contributed by atoms with Crippen molar-refractivity contribution in [2.24, 2.45) is 5.73 Å². The number of amides is 1. The molecule has 0 aliphatic carbocycles. The fourth-order valence-electron chi connectivity index (χ4n) is 2.76. The highest BCUT2D eigenvalue weighted by atomic mass is 35.5. The van der Waals surface area contributed by atoms with Crippen LogP contribution in [0.4, 0.5) is 0 Å². The van der Waals surface area contributed by atoms with E-state index in [9.17, 15) is 4.79 Å². The van der Waals surface area contributed by atoms with Gasteiger partial charge in [0.2, 0.25) is 0 Å². The van der Waals surface area contributed by atoms with E-state index >= 15 is 0 Å². The molecule has 0 spiro atoms. The molecule has 26 heavy (non-hydrogen) atoms. The van der Waals surface area contributed by atoms with Gasteiger partial charge in [-0.1, -0.05) is 30.3 Å². The molecular formula is C20H27ClN2O3. The van der Waals surface area contributed by atoms with Gasteiger partial charge in [0, 0.05) is 25.2 Å². The average molecular weight is 379 g/mol. The van der Waals surface area contributed by atoms with E-state index in [1.54, 1.807) is 25.2 Å². The SMILES string of the molecule is COc1cc(C)c(C(=O)N(CCN)CCc2ccccc2)cc1OC.Cl. The number of ether oxygens (including phenoxy) is 2. The van der Waals surface area contributed by atoms with Crippen LogP contribution in [0.25, 0.3) is 0 Å². The molecule has 0 bridgehead atoms. The Bertz CT molecular complexity index is 708. The molecule has 0 aromatic heterocycles. The number of hydrogen-bond acceptors (Lipinski definition) is 4. The minimum Gasteiger partial charge on any atom is -0.493 e. The molecule has 6 heteroatoms. The van der Waals surface area contributed by atoms with E-state index in [1.807, 2.05) is 31.2 Å². The minimum atomic E-state index is -0.0418. The first-order chi connectivity index (χ1) is 12.1. The van der Waals surface area contributed by atoms with Crippen molar-refractivity contribution in [3.05, 3.63) is 59.2 Å². The van der Waals surface area contributed by atoms with E-state index in [0.717, 1.165) is 12.0 Å². The second-order valence-electron chi connectivity index (χ2n) is 5.84. The normalized spacial score (nSPS) is 10.0. The molecule has 2 N–H and O–H groups in total. The Morgan fingerprint density at radius 1 is 1.04 bits per heavy atom. The molecule has 0 fully saturated rings. The number of rotatable bonds is 8. The number of carbonyl (C=O) groups excluding carboxylic acids is 1. The second-order valence-corrected chi connectivity index (χ2v) is 5.84. The summed E-state index contributed by atoms with van der Waals surface area (Å²) in [6.07, 6.45) is 0.791. The quantitative estimate of drug-likeness (QED) is 0.766. The third kappa shape index (κ3) is 5.38. The van der Waals surface area contributed by atoms with Crippen molar-refractivity contribution in [3.8, 4) is 11.5 Å². The number of carbonyl (C=O) groups is 1. The molecule has 1 amide bonds. The van der Waals surface area contributed by atoms with Gasteiger partial charge in [-0.25, -0.2) is 0 Å². The lowest BCUT2D eigenvalue weighted by molar-refractivity contribution is 0.0761. The Labute approximate surface area is 161 Å². The van der Waals surface area contributed by atoms with Crippen LogP contribution in [0.15, 0.2) is 42.5 Å². The molecule has 0 aliphatic heterocycles. The fraction of sp³-hybridized carbons (Fsp3) is 0.350. The van der Waals surface area contributed by atoms with Crippen LogP contribution in [-0.2, 0) is 6.42 Å². The van der Waals surface area contributed by atoms with Crippen LogP contribution in [0, 0.1) is 6.92 Å². The summed E-state index contributed by atoms with van der Waals surface area (Å²) in [5, 5.41) is 0. The number of benzene rings is 2. The third-order valence-electron chi connectivity index (χ3n) is 4.16. The van der Waals surface area contributed by atoms with Gasteiger partial charge in [-0.05, 0) is 36.6 Å². The van der Waals surface area contributed by atoms with Crippen LogP contribution in [0.2, 0.25) is 0 Å². The molecule has 0 heterocycles. The zero-order chi connectivity index (χ0) is 18.2. The topological polar surface area (TPSA) is 64.8 Å². The highest BCUT2D eigenvalue weighted by Gasteiger charge is 2.20. The lowest BCUT2D eigenvalue weighted by Gasteiger charge is -2.23. The predicted molar refractivity (Wildman–Crippen MR) is 107 cm³/mol. The zero-order valence-electron chi connectivity index (χ0n) is 15.5. The van der Waals surface area contributed by atoms with E-state index in [1.165, 1.54) is 5.56 Å². The molecule has 0 radical (unpaired) electrons. The van der Waals surface area contributed by atoms with Crippen LogP contribution in [0.5, 0.6) is 11.5 Å². The number of nitrogens with zero attached hydrogens (tertiary/aromatic N) is 1. The standard InChI is InChI=1S/C20H26N2O3.ClH/c1-15-13-18(24-2)19(25-3)14-17(15)20(23)22(12-10-21)11-9-16-7-5-4-6-8-16;/h4-8,13-14H,9-12,21H2,1-3H3;1H. The predicted octanol–water partition coefficient (Wildman–Crippen LogP) is 3.08. The monoisotopic (exact) mass is 378 g/mol. The van der Waals surface area contributed by atoms with Gasteiger partial charge in [0.05, 0.1) is 14.2 Å². The van der Waals surface area contributed by atoms with Gasteiger partial charge in [-0.2, -0.15) is 0 Å². The Kier molecular flexibility index (Phi) is 8.96. The first-order valence-corrected chi connectivity index (χ1v) is 8.36. The average Bonchev–Trinajstić information content (AvgIpc) is 2.65. The summed E-state index contributed by atoms with van der Waals surface area (Å²) in [7, 11) is 3.15. The third-order valence-corrected chi connectivity index (χ3v) is 4.16. The molecular weight excluding hydrogens is 352 g/mol. The number of aryl methyl sites for hydroxylation is 1. The van der Waals surface area contributed by atoms with Crippen LogP contribution >= 0.6 is 12.4 Å². The van der Waals surface area contributed by atoms with Gasteiger partial charge >= 0.3 is 0 Å². The van der Waals surface area contributed by atoms with E-state index in [4.69, 9.17) is 15.2 Å². The molecule has 0 saturated heterocycles. The molecule has 2 rings (SSSR count). The Balaban J connectivity index is 0.00000338. The molecule has 2 aromatic rings. The maximum Gasteiger partial charge on any atom is 0.254 e. The summed E-state index contributed by atoms with van der Waals surface area (Å²) in [4.78, 5) is 14.8. The first kappa shape index (κ1) is 21.8. The van der Waals surface area contributed by atoms with Crippen molar-refractivity contribution >= 4 is 18.3 Å². The Hall–Kier alpha value is -2.24. The summed E-state index contributed by atoms with van der Waals surface area (Å²) >= 11 is 0. The highest BCUT2D eigenvalue weighted by molar-refractivity contribution is 5.96. The summed E-state index contributed by atoms with van der Waals surface area (Å²) in [6.45, 7) is 3.45. The van der Waals surface area contributed by atoms with Crippen molar-refractivity contribution in [1.82, 2.24) is 4.90 Å². The highest BCUT2D eigenvalue weighted by Crippen LogP contribution is 2.30. The summed E-state index contributed by atoms with van der Waals surface area (Å²) in [6, 6.07) is 13.7. The number of halogens is 1. The van der Waals surface area contributed by atoms with E-state index in [-0.39, 0.29) is 18.3 Å². The van der Waals surface area contributed by atoms with Gasteiger partial charge in [0.25, 0.3) is 5.91 Å². The maximum atomic E-state index is 13.0. The van der Waals surface area contributed by atoms with Gasteiger partial charge in [-0.15, -0.1) is 12.4 Å². The number of hydrogen-bond donors (Lipinski definition) is 1. The molecule has 0 aliphatic rings. The van der Waals surface area contributed by atoms with Crippen molar-refractivity contribution in [2.45, 2.75) is 13.3 Å². The smallest absolute Gasteiger partial charge is 0.254 e. The summed E-state index contributed by atoms with van der Waals surface area (Å²) in [5.41, 5.74) is 8.37. The molecule has 0 unspecified atom stereocenters. The Morgan fingerprint density at radius 3 is 2.23 bits per heavy atom. The fourth-order valence-corrected chi connectivity index (χ4v) is 2.76. The van der Waals surface area contributed by atoms with Gasteiger partial charge in [0.15, 0.2) is 11.5 Å². The lowest BCUT2D eigenvalue weighted by Crippen LogP contribution is -2.37. The molecule has 2 aromatic carbocycles. The maximum absolute atomic E-state index is 13.0. The van der Waals surface area contributed by atoms with Gasteiger partial charge in [-0.3, -0.25) is 4.79 Å². The molecule has 5 nitrogen and oxygen atoms in total.